The molecule has 0 unspecified atom stereocenters. The summed E-state index contributed by atoms with van der Waals surface area (Å²) in [4.78, 5) is 27.7. The van der Waals surface area contributed by atoms with Gasteiger partial charge in [-0.05, 0) is 37.3 Å². The number of hydrogen-bond donors (Lipinski definition) is 1. The fourth-order valence-corrected chi connectivity index (χ4v) is 2.72. The largest absolute Gasteiger partial charge is 0.452 e. The Morgan fingerprint density at radius 1 is 1.33 bits per heavy atom. The second kappa shape index (κ2) is 8.37. The van der Waals surface area contributed by atoms with E-state index >= 15 is 0 Å². The van der Waals surface area contributed by atoms with E-state index in [0.29, 0.717) is 22.2 Å². The first-order valence-corrected chi connectivity index (χ1v) is 8.76. The van der Waals surface area contributed by atoms with Crippen molar-refractivity contribution in [3.05, 3.63) is 64.5 Å². The van der Waals surface area contributed by atoms with E-state index in [1.54, 1.807) is 36.7 Å². The number of carbonyl (C=O) groups is 2. The predicted molar refractivity (Wildman–Crippen MR) is 99.0 cm³/mol. The van der Waals surface area contributed by atoms with E-state index in [1.807, 2.05) is 0 Å². The summed E-state index contributed by atoms with van der Waals surface area (Å²) in [6, 6.07) is 7.34. The van der Waals surface area contributed by atoms with Crippen LogP contribution in [0, 0.1) is 12.7 Å². The highest BCUT2D eigenvalue weighted by Crippen LogP contribution is 2.17. The number of amides is 1. The number of aromatic nitrogens is 3. The highest BCUT2D eigenvalue weighted by molar-refractivity contribution is 7.10. The molecule has 27 heavy (non-hydrogen) atoms. The zero-order valence-corrected chi connectivity index (χ0v) is 15.1. The number of esters is 1. The number of hydrogen-bond acceptors (Lipinski definition) is 6. The van der Waals surface area contributed by atoms with Crippen LogP contribution < -0.4 is 5.32 Å². The van der Waals surface area contributed by atoms with Gasteiger partial charge in [0.25, 0.3) is 5.91 Å². The average molecular weight is 386 g/mol. The summed E-state index contributed by atoms with van der Waals surface area (Å²) < 4.78 is 19.5. The van der Waals surface area contributed by atoms with Gasteiger partial charge in [-0.2, -0.15) is 5.10 Å². The van der Waals surface area contributed by atoms with Crippen LogP contribution in [-0.4, -0.2) is 33.2 Å². The third-order valence-corrected chi connectivity index (χ3v) is 4.07. The third kappa shape index (κ3) is 5.08. The van der Waals surface area contributed by atoms with Gasteiger partial charge in [0.05, 0.1) is 11.4 Å². The van der Waals surface area contributed by atoms with Crippen LogP contribution >= 0.6 is 11.3 Å². The topological polar surface area (TPSA) is 86.1 Å². The lowest BCUT2D eigenvalue weighted by molar-refractivity contribution is -0.142. The Balaban J connectivity index is 1.59. The van der Waals surface area contributed by atoms with Crippen molar-refractivity contribution < 1.29 is 18.7 Å². The number of rotatable bonds is 6. The highest BCUT2D eigenvalue weighted by Gasteiger charge is 2.12. The molecule has 138 valence electrons. The van der Waals surface area contributed by atoms with Gasteiger partial charge in [0.1, 0.15) is 16.6 Å². The number of nitrogens with one attached hydrogen (secondary N) is 1. The van der Waals surface area contributed by atoms with Gasteiger partial charge in [-0.1, -0.05) is 0 Å². The van der Waals surface area contributed by atoms with E-state index in [9.17, 15) is 14.0 Å². The molecule has 3 aromatic rings. The smallest absolute Gasteiger partial charge is 0.331 e. The van der Waals surface area contributed by atoms with E-state index in [4.69, 9.17) is 4.74 Å². The molecule has 0 saturated heterocycles. The lowest BCUT2D eigenvalue weighted by Crippen LogP contribution is -2.21. The molecule has 2 heterocycles. The maximum absolute atomic E-state index is 13.1. The van der Waals surface area contributed by atoms with Crippen molar-refractivity contribution in [1.29, 1.82) is 0 Å². The summed E-state index contributed by atoms with van der Waals surface area (Å²) in [6.07, 6.45) is 4.34. The van der Waals surface area contributed by atoms with Gasteiger partial charge >= 0.3 is 5.97 Å². The standard InChI is InChI=1S/C18H15FN4O3S/c1-12-10-15(23(22-12)14-4-2-13(19)3-5-14)21-16(24)11-26-18(25)7-6-17-20-8-9-27-17/h2-10H,11H2,1H3,(H,21,24)/b7-6+. The van der Waals surface area contributed by atoms with Gasteiger partial charge in [-0.15, -0.1) is 11.3 Å². The summed E-state index contributed by atoms with van der Waals surface area (Å²) >= 11 is 1.38. The van der Waals surface area contributed by atoms with E-state index < -0.39 is 18.5 Å². The van der Waals surface area contributed by atoms with E-state index in [2.05, 4.69) is 15.4 Å². The third-order valence-electron chi connectivity index (χ3n) is 3.33. The predicted octanol–water partition coefficient (Wildman–Crippen LogP) is 2.97. The second-order valence-corrected chi connectivity index (χ2v) is 6.34. The van der Waals surface area contributed by atoms with E-state index in [0.717, 1.165) is 0 Å². The molecule has 1 aromatic carbocycles. The van der Waals surface area contributed by atoms with Crippen molar-refractivity contribution in [1.82, 2.24) is 14.8 Å². The van der Waals surface area contributed by atoms with Gasteiger partial charge < -0.3 is 10.1 Å². The minimum Gasteiger partial charge on any atom is -0.452 e. The summed E-state index contributed by atoms with van der Waals surface area (Å²) in [6.45, 7) is 1.31. The van der Waals surface area contributed by atoms with Crippen molar-refractivity contribution in [2.45, 2.75) is 6.92 Å². The lowest BCUT2D eigenvalue weighted by atomic mass is 10.3. The molecule has 0 bridgehead atoms. The molecular weight excluding hydrogens is 371 g/mol. The van der Waals surface area contributed by atoms with Gasteiger partial charge in [-0.3, -0.25) is 4.79 Å². The molecule has 0 aliphatic carbocycles. The van der Waals surface area contributed by atoms with Crippen LogP contribution in [0.3, 0.4) is 0 Å². The summed E-state index contributed by atoms with van der Waals surface area (Å²) in [5.41, 5.74) is 1.25. The van der Waals surface area contributed by atoms with Crippen LogP contribution in [0.2, 0.25) is 0 Å². The summed E-state index contributed by atoms with van der Waals surface area (Å²) in [5, 5.41) is 9.34. The Morgan fingerprint density at radius 3 is 2.81 bits per heavy atom. The zero-order valence-electron chi connectivity index (χ0n) is 14.3. The van der Waals surface area contributed by atoms with E-state index in [-0.39, 0.29) is 5.82 Å². The molecule has 3 rings (SSSR count). The van der Waals surface area contributed by atoms with Crippen LogP contribution in [0.4, 0.5) is 10.2 Å². The molecular formula is C18H15FN4O3S. The van der Waals surface area contributed by atoms with Gasteiger partial charge in [0, 0.05) is 23.7 Å². The molecule has 2 aromatic heterocycles. The Hall–Kier alpha value is -3.33. The molecule has 0 atom stereocenters. The number of ether oxygens (including phenoxy) is 1. The number of halogens is 1. The SMILES string of the molecule is Cc1cc(NC(=O)COC(=O)/C=C/c2nccs2)n(-c2ccc(F)cc2)n1. The molecule has 9 heteroatoms. The number of anilines is 1. The maximum Gasteiger partial charge on any atom is 0.331 e. The highest BCUT2D eigenvalue weighted by atomic mass is 32.1. The van der Waals surface area contributed by atoms with Crippen molar-refractivity contribution in [2.24, 2.45) is 0 Å². The van der Waals surface area contributed by atoms with Crippen molar-refractivity contribution >= 4 is 35.1 Å². The molecule has 0 fully saturated rings. The van der Waals surface area contributed by atoms with E-state index in [1.165, 1.54) is 40.3 Å². The summed E-state index contributed by atoms with van der Waals surface area (Å²) in [5.74, 6) is -1.15. The monoisotopic (exact) mass is 386 g/mol. The lowest BCUT2D eigenvalue weighted by Gasteiger charge is -2.09. The zero-order chi connectivity index (χ0) is 19.2. The number of thiazole rings is 1. The number of carbonyl (C=O) groups excluding carboxylic acids is 2. The molecule has 7 nitrogen and oxygen atoms in total. The Labute approximate surface area is 158 Å². The van der Waals surface area contributed by atoms with Gasteiger partial charge in [-0.25, -0.2) is 18.9 Å². The first-order valence-electron chi connectivity index (χ1n) is 7.88. The molecule has 1 amide bonds. The summed E-state index contributed by atoms with van der Waals surface area (Å²) in [7, 11) is 0. The number of aryl methyl sites for hydroxylation is 1. The van der Waals surface area contributed by atoms with Crippen molar-refractivity contribution in [3.63, 3.8) is 0 Å². The van der Waals surface area contributed by atoms with Crippen LogP contribution in [0.1, 0.15) is 10.7 Å². The Kier molecular flexibility index (Phi) is 5.72. The minimum absolute atomic E-state index is 0.370. The van der Waals surface area contributed by atoms with Crippen LogP contribution in [0.5, 0.6) is 0 Å². The normalized spacial score (nSPS) is 10.9. The Morgan fingerprint density at radius 2 is 2.11 bits per heavy atom. The number of benzene rings is 1. The molecule has 0 aliphatic heterocycles. The van der Waals surface area contributed by atoms with Gasteiger partial charge in [0.2, 0.25) is 0 Å². The molecule has 0 radical (unpaired) electrons. The van der Waals surface area contributed by atoms with Crippen molar-refractivity contribution in [3.8, 4) is 5.69 Å². The molecule has 1 N–H and O–H groups in total. The second-order valence-electron chi connectivity index (χ2n) is 5.42. The minimum atomic E-state index is -0.649. The first kappa shape index (κ1) is 18.5. The van der Waals surface area contributed by atoms with Crippen LogP contribution in [-0.2, 0) is 14.3 Å². The average Bonchev–Trinajstić information content (AvgIpc) is 3.28. The fraction of sp³-hybridized carbons (Fsp3) is 0.111. The van der Waals surface area contributed by atoms with Crippen LogP contribution in [0.25, 0.3) is 11.8 Å². The number of nitrogens with zero attached hydrogens (tertiary/aromatic N) is 3. The first-order chi connectivity index (χ1) is 13.0. The molecule has 0 aliphatic rings. The fourth-order valence-electron chi connectivity index (χ4n) is 2.19. The maximum atomic E-state index is 13.1. The molecule has 0 saturated carbocycles. The van der Waals surface area contributed by atoms with Crippen LogP contribution in [0.15, 0.2) is 48.0 Å². The van der Waals surface area contributed by atoms with Gasteiger partial charge in [0.15, 0.2) is 6.61 Å². The van der Waals surface area contributed by atoms with Crippen molar-refractivity contribution in [2.75, 3.05) is 11.9 Å². The molecule has 0 spiro atoms. The Bertz CT molecular complexity index is 965. The quantitative estimate of drug-likeness (QED) is 0.520.